The molecule has 4 atom stereocenters. The van der Waals surface area contributed by atoms with Crippen molar-refractivity contribution in [3.05, 3.63) is 48.0 Å². The van der Waals surface area contributed by atoms with Crippen molar-refractivity contribution in [3.8, 4) is 0 Å². The second-order valence-corrected chi connectivity index (χ2v) is 15.7. The first kappa shape index (κ1) is 33.3. The van der Waals surface area contributed by atoms with Crippen LogP contribution in [0.5, 0.6) is 0 Å². The molecule has 43 heavy (non-hydrogen) atoms. The Morgan fingerprint density at radius 1 is 1.00 bits per heavy atom. The number of hydrogen-bond acceptors (Lipinski definition) is 6. The van der Waals surface area contributed by atoms with Gasteiger partial charge in [0.05, 0.1) is 5.94 Å². The first-order valence-corrected chi connectivity index (χ1v) is 16.6. The highest BCUT2D eigenvalue weighted by atomic mass is 32.2. The van der Waals surface area contributed by atoms with Crippen molar-refractivity contribution < 1.29 is 24.4 Å². The molecule has 1 saturated heterocycles. The molecule has 2 fully saturated rings. The van der Waals surface area contributed by atoms with Crippen LogP contribution in [-0.4, -0.2) is 74.4 Å². The minimum absolute atomic E-state index is 0.0303. The lowest BCUT2D eigenvalue weighted by Gasteiger charge is -2.32. The second kappa shape index (κ2) is 14.5. The third kappa shape index (κ3) is 8.99. The van der Waals surface area contributed by atoms with Crippen LogP contribution in [0.15, 0.2) is 42.5 Å². The van der Waals surface area contributed by atoms with Gasteiger partial charge in [0.1, 0.15) is 12.1 Å². The molecular formula is C33H48BN3O5S. The van der Waals surface area contributed by atoms with E-state index in [1.165, 1.54) is 6.42 Å². The number of nitrogens with zero attached hydrogens (tertiary/aromatic N) is 1. The van der Waals surface area contributed by atoms with Crippen LogP contribution in [0.25, 0.3) is 10.8 Å². The van der Waals surface area contributed by atoms with Gasteiger partial charge in [-0.2, -0.15) is 11.8 Å². The number of carbonyl (C=O) groups excluding carboxylic acids is 3. The summed E-state index contributed by atoms with van der Waals surface area (Å²) in [7, 11) is -1.71. The van der Waals surface area contributed by atoms with Crippen LogP contribution in [0.2, 0.25) is 0 Å². The quantitative estimate of drug-likeness (QED) is 0.294. The Hall–Kier alpha value is -2.56. The lowest BCUT2D eigenvalue weighted by molar-refractivity contribution is -0.140. The van der Waals surface area contributed by atoms with Crippen molar-refractivity contribution in [3.63, 3.8) is 0 Å². The molecule has 2 aromatic carbocycles. The summed E-state index contributed by atoms with van der Waals surface area (Å²) in [6.45, 7) is 10.3. The lowest BCUT2D eigenvalue weighted by Crippen LogP contribution is -2.57. The summed E-state index contributed by atoms with van der Waals surface area (Å²) >= 11 is 1.74. The van der Waals surface area contributed by atoms with Gasteiger partial charge >= 0.3 is 7.12 Å². The van der Waals surface area contributed by atoms with Gasteiger partial charge in [-0.1, -0.05) is 97.1 Å². The molecule has 0 bridgehead atoms. The van der Waals surface area contributed by atoms with Gasteiger partial charge in [-0.25, -0.2) is 0 Å². The molecule has 3 amide bonds. The summed E-state index contributed by atoms with van der Waals surface area (Å²) in [5.41, 5.74) is 0.494. The highest BCUT2D eigenvalue weighted by molar-refractivity contribution is 8.01. The molecule has 1 saturated carbocycles. The third-order valence-electron chi connectivity index (χ3n) is 8.63. The number of amides is 3. The van der Waals surface area contributed by atoms with Crippen molar-refractivity contribution in [2.24, 2.45) is 11.8 Å². The van der Waals surface area contributed by atoms with Gasteiger partial charge in [0, 0.05) is 22.1 Å². The molecule has 0 aromatic heterocycles. The van der Waals surface area contributed by atoms with Crippen molar-refractivity contribution in [1.29, 1.82) is 0 Å². The van der Waals surface area contributed by atoms with Crippen molar-refractivity contribution in [2.75, 3.05) is 6.54 Å². The fourth-order valence-electron chi connectivity index (χ4n) is 6.47. The van der Waals surface area contributed by atoms with Crippen LogP contribution in [0.3, 0.4) is 0 Å². The number of benzene rings is 2. The normalized spacial score (nSPS) is 21.1. The third-order valence-corrected chi connectivity index (χ3v) is 10.0. The summed E-state index contributed by atoms with van der Waals surface area (Å²) in [5.74, 6) is -1.69. The Balaban J connectivity index is 1.60. The number of hydrogen-bond donors (Lipinski definition) is 4. The molecular weight excluding hydrogens is 561 g/mol. The van der Waals surface area contributed by atoms with Crippen LogP contribution in [-0.2, 0) is 9.59 Å². The van der Waals surface area contributed by atoms with Crippen molar-refractivity contribution in [1.82, 2.24) is 15.5 Å². The molecule has 234 valence electrons. The number of rotatable bonds is 10. The maximum atomic E-state index is 14.4. The zero-order valence-electron chi connectivity index (χ0n) is 26.2. The van der Waals surface area contributed by atoms with E-state index in [2.05, 4.69) is 31.4 Å². The van der Waals surface area contributed by atoms with Crippen LogP contribution in [0, 0.1) is 11.8 Å². The average Bonchev–Trinajstić information content (AvgIpc) is 3.37. The Kier molecular flexibility index (Phi) is 11.2. The highest BCUT2D eigenvalue weighted by Crippen LogP contribution is 2.37. The smallest absolute Gasteiger partial charge is 0.426 e. The number of carbonyl (C=O) groups is 3. The Labute approximate surface area is 260 Å². The molecule has 0 radical (unpaired) electrons. The molecule has 10 heteroatoms. The van der Waals surface area contributed by atoms with E-state index in [1.807, 2.05) is 50.2 Å². The average molecular weight is 610 g/mol. The van der Waals surface area contributed by atoms with Crippen LogP contribution < -0.4 is 10.6 Å². The standard InChI is InChI=1S/C33H48BN3O5S/c1-21(2)29(34(41)42)36-31(39)28-19-26(43-33(3,4)5)20-37(28)32(40)27(17-22-11-7-6-8-12-22)35-30(38)25-16-15-23-13-9-10-14-24(23)18-25/h9-10,13-16,18,21-22,26-29,41-42H,6-8,11-12,17,19-20H2,1-5H3,(H,35,38)(H,36,39)/t26-,27-,28?,29?/m1/s1. The predicted molar refractivity (Wildman–Crippen MR) is 175 cm³/mol. The number of likely N-dealkylation sites (tertiary alicyclic amines) is 1. The van der Waals surface area contributed by atoms with Gasteiger partial charge in [0.2, 0.25) is 11.8 Å². The molecule has 4 rings (SSSR count). The lowest BCUT2D eigenvalue weighted by atomic mass is 9.73. The molecule has 1 aliphatic heterocycles. The summed E-state index contributed by atoms with van der Waals surface area (Å²) in [4.78, 5) is 43.3. The topological polar surface area (TPSA) is 119 Å². The Bertz CT molecular complexity index is 1270. The fourth-order valence-corrected chi connectivity index (χ4v) is 7.98. The van der Waals surface area contributed by atoms with E-state index in [4.69, 9.17) is 0 Å². The summed E-state index contributed by atoms with van der Waals surface area (Å²) in [6, 6.07) is 11.9. The molecule has 4 N–H and O–H groups in total. The van der Waals surface area contributed by atoms with Gasteiger partial charge in [-0.3, -0.25) is 14.4 Å². The van der Waals surface area contributed by atoms with E-state index in [1.54, 1.807) is 22.7 Å². The predicted octanol–water partition coefficient (Wildman–Crippen LogP) is 4.56. The summed E-state index contributed by atoms with van der Waals surface area (Å²) in [5, 5.41) is 27.7. The van der Waals surface area contributed by atoms with Crippen molar-refractivity contribution >= 4 is 47.4 Å². The van der Waals surface area contributed by atoms with Crippen LogP contribution >= 0.6 is 11.8 Å². The molecule has 2 unspecified atom stereocenters. The fraction of sp³-hybridized carbons (Fsp3) is 0.606. The molecule has 2 aromatic rings. The number of fused-ring (bicyclic) bond motifs is 1. The molecule has 0 spiro atoms. The van der Waals surface area contributed by atoms with Crippen LogP contribution in [0.1, 0.15) is 89.9 Å². The van der Waals surface area contributed by atoms with Crippen LogP contribution in [0.4, 0.5) is 0 Å². The molecule has 1 aliphatic carbocycles. The number of nitrogens with one attached hydrogen (secondary N) is 2. The van der Waals surface area contributed by atoms with E-state index in [0.29, 0.717) is 30.9 Å². The van der Waals surface area contributed by atoms with Gasteiger partial charge in [-0.05, 0) is 47.6 Å². The van der Waals surface area contributed by atoms with E-state index >= 15 is 0 Å². The number of thioether (sulfide) groups is 1. The minimum Gasteiger partial charge on any atom is -0.426 e. The van der Waals surface area contributed by atoms with Gasteiger partial charge in [0.15, 0.2) is 0 Å². The Morgan fingerprint density at radius 3 is 2.30 bits per heavy atom. The molecule has 1 heterocycles. The minimum atomic E-state index is -1.71. The van der Waals surface area contributed by atoms with E-state index in [-0.39, 0.29) is 27.7 Å². The maximum Gasteiger partial charge on any atom is 0.475 e. The van der Waals surface area contributed by atoms with Gasteiger partial charge in [0.25, 0.3) is 5.91 Å². The Morgan fingerprint density at radius 2 is 1.67 bits per heavy atom. The first-order valence-electron chi connectivity index (χ1n) is 15.8. The second-order valence-electron chi connectivity index (χ2n) is 13.6. The zero-order chi connectivity index (χ0) is 31.3. The van der Waals surface area contributed by atoms with Crippen molar-refractivity contribution in [2.45, 2.75) is 108 Å². The van der Waals surface area contributed by atoms with E-state index in [9.17, 15) is 24.4 Å². The van der Waals surface area contributed by atoms with Gasteiger partial charge in [-0.15, -0.1) is 0 Å². The maximum absolute atomic E-state index is 14.4. The highest BCUT2D eigenvalue weighted by Gasteiger charge is 2.45. The van der Waals surface area contributed by atoms with E-state index in [0.717, 1.165) is 36.5 Å². The largest absolute Gasteiger partial charge is 0.475 e. The zero-order valence-corrected chi connectivity index (χ0v) is 27.0. The molecule has 8 nitrogen and oxygen atoms in total. The summed E-state index contributed by atoms with van der Waals surface area (Å²) in [6.07, 6.45) is 6.45. The SMILES string of the molecule is CC(C)C(NC(=O)C1C[C@@H](SC(C)(C)C)CN1C(=O)[C@@H](CC1CCCCC1)NC(=O)c1ccc2ccccc2c1)B(O)O. The first-order chi connectivity index (χ1) is 20.3. The van der Waals surface area contributed by atoms with Gasteiger partial charge < -0.3 is 25.6 Å². The monoisotopic (exact) mass is 609 g/mol. The van der Waals surface area contributed by atoms with E-state index < -0.39 is 31.1 Å². The molecule has 2 aliphatic rings. The summed E-state index contributed by atoms with van der Waals surface area (Å²) < 4.78 is -0.0711.